The molecule has 0 bridgehead atoms. The van der Waals surface area contributed by atoms with Crippen molar-refractivity contribution >= 4 is 5.97 Å². The second-order valence-electron chi connectivity index (χ2n) is 2.35. The summed E-state index contributed by atoms with van der Waals surface area (Å²) in [7, 11) is 0. The summed E-state index contributed by atoms with van der Waals surface area (Å²) in [6.45, 7) is 2.65. The maximum absolute atomic E-state index is 10.6. The lowest BCUT2D eigenvalue weighted by molar-refractivity contribution is 0.0683. The molecular formula is C7H11N3O2. The molecule has 1 rings (SSSR count). The molecule has 0 aliphatic carbocycles. The summed E-state index contributed by atoms with van der Waals surface area (Å²) in [6.07, 6.45) is 0. The number of hydrogen-bond donors (Lipinski definition) is 2. The molecule has 12 heavy (non-hydrogen) atoms. The van der Waals surface area contributed by atoms with Crippen molar-refractivity contribution in [3.63, 3.8) is 0 Å². The number of rotatable bonds is 3. The van der Waals surface area contributed by atoms with Crippen molar-refractivity contribution in [1.29, 1.82) is 0 Å². The molecule has 5 nitrogen and oxygen atoms in total. The highest BCUT2D eigenvalue weighted by Crippen LogP contribution is 2.03. The molecule has 66 valence electrons. The van der Waals surface area contributed by atoms with E-state index in [0.29, 0.717) is 12.2 Å². The van der Waals surface area contributed by atoms with Gasteiger partial charge in [0.25, 0.3) is 0 Å². The minimum atomic E-state index is -0.968. The molecule has 0 saturated heterocycles. The second-order valence-corrected chi connectivity index (χ2v) is 2.35. The molecule has 5 heteroatoms. The number of aromatic carboxylic acids is 1. The van der Waals surface area contributed by atoms with Gasteiger partial charge in [0.2, 0.25) is 0 Å². The van der Waals surface area contributed by atoms with Crippen LogP contribution in [0.2, 0.25) is 0 Å². The Balaban J connectivity index is 3.08. The highest BCUT2D eigenvalue weighted by atomic mass is 16.4. The summed E-state index contributed by atoms with van der Waals surface area (Å²) < 4.78 is 1.42. The Labute approximate surface area is 69.8 Å². The molecule has 0 amide bonds. The molecule has 1 heterocycles. The van der Waals surface area contributed by atoms with Crippen molar-refractivity contribution in [2.24, 2.45) is 5.73 Å². The number of carboxylic acids is 1. The van der Waals surface area contributed by atoms with Gasteiger partial charge >= 0.3 is 5.97 Å². The average Bonchev–Trinajstić information content (AvgIpc) is 2.47. The monoisotopic (exact) mass is 169 g/mol. The number of hydrogen-bond acceptors (Lipinski definition) is 3. The predicted octanol–water partition coefficient (Wildman–Crippen LogP) is 0.0599. The van der Waals surface area contributed by atoms with E-state index in [9.17, 15) is 4.79 Å². The van der Waals surface area contributed by atoms with E-state index in [4.69, 9.17) is 10.8 Å². The first-order chi connectivity index (χ1) is 5.69. The van der Waals surface area contributed by atoms with Gasteiger partial charge in [-0.15, -0.1) is 0 Å². The Morgan fingerprint density at radius 3 is 2.83 bits per heavy atom. The molecule has 0 unspecified atom stereocenters. The molecule has 1 aromatic rings. The summed E-state index contributed by atoms with van der Waals surface area (Å²) >= 11 is 0. The topological polar surface area (TPSA) is 81.1 Å². The first kappa shape index (κ1) is 8.73. The zero-order valence-electron chi connectivity index (χ0n) is 6.82. The van der Waals surface area contributed by atoms with Crippen molar-refractivity contribution in [3.05, 3.63) is 17.5 Å². The van der Waals surface area contributed by atoms with Gasteiger partial charge in [0.05, 0.1) is 5.69 Å². The number of aryl methyl sites for hydroxylation is 1. The number of carboxylic acid groups (broad SMARTS) is 1. The lowest BCUT2D eigenvalue weighted by Gasteiger charge is -1.97. The number of carbonyl (C=O) groups is 1. The standard InChI is InChI=1S/C7H11N3O2/c1-2-10-6(7(11)12)3-5(4-8)9-10/h3H,2,4,8H2,1H3,(H,11,12). The summed E-state index contributed by atoms with van der Waals surface area (Å²) in [6, 6.07) is 1.49. The SMILES string of the molecule is CCn1nc(CN)cc1C(=O)O. The first-order valence-corrected chi connectivity index (χ1v) is 3.69. The smallest absolute Gasteiger partial charge is 0.354 e. The van der Waals surface area contributed by atoms with Crippen LogP contribution >= 0.6 is 0 Å². The Morgan fingerprint density at radius 1 is 1.83 bits per heavy atom. The highest BCUT2D eigenvalue weighted by Gasteiger charge is 2.11. The van der Waals surface area contributed by atoms with Crippen LogP contribution in [0.25, 0.3) is 0 Å². The van der Waals surface area contributed by atoms with E-state index >= 15 is 0 Å². The van der Waals surface area contributed by atoms with Gasteiger partial charge in [-0.05, 0) is 13.0 Å². The van der Waals surface area contributed by atoms with Gasteiger partial charge in [0.15, 0.2) is 0 Å². The van der Waals surface area contributed by atoms with E-state index in [1.54, 1.807) is 0 Å². The lowest BCUT2D eigenvalue weighted by Crippen LogP contribution is -2.08. The van der Waals surface area contributed by atoms with Crippen LogP contribution in [0.15, 0.2) is 6.07 Å². The van der Waals surface area contributed by atoms with Crippen LogP contribution in [0.4, 0.5) is 0 Å². The van der Waals surface area contributed by atoms with Gasteiger partial charge in [-0.25, -0.2) is 4.79 Å². The van der Waals surface area contributed by atoms with Crippen molar-refractivity contribution in [2.45, 2.75) is 20.0 Å². The molecular weight excluding hydrogens is 158 g/mol. The molecule has 0 radical (unpaired) electrons. The van der Waals surface area contributed by atoms with E-state index < -0.39 is 5.97 Å². The largest absolute Gasteiger partial charge is 0.477 e. The molecule has 0 fully saturated rings. The van der Waals surface area contributed by atoms with Crippen molar-refractivity contribution in [2.75, 3.05) is 0 Å². The number of nitrogens with zero attached hydrogens (tertiary/aromatic N) is 2. The maximum atomic E-state index is 10.6. The van der Waals surface area contributed by atoms with Crippen LogP contribution in [0, 0.1) is 0 Å². The van der Waals surface area contributed by atoms with Crippen LogP contribution in [-0.2, 0) is 13.1 Å². The van der Waals surface area contributed by atoms with Gasteiger partial charge in [-0.2, -0.15) is 5.10 Å². The average molecular weight is 169 g/mol. The summed E-state index contributed by atoms with van der Waals surface area (Å²) in [4.78, 5) is 10.6. The summed E-state index contributed by atoms with van der Waals surface area (Å²) in [5, 5.41) is 12.7. The van der Waals surface area contributed by atoms with Crippen LogP contribution in [-0.4, -0.2) is 20.9 Å². The summed E-state index contributed by atoms with van der Waals surface area (Å²) in [5.41, 5.74) is 6.12. The maximum Gasteiger partial charge on any atom is 0.354 e. The van der Waals surface area contributed by atoms with Crippen molar-refractivity contribution in [1.82, 2.24) is 9.78 Å². The molecule has 0 aromatic carbocycles. The number of nitrogens with two attached hydrogens (primary N) is 1. The zero-order chi connectivity index (χ0) is 9.14. The van der Waals surface area contributed by atoms with Gasteiger partial charge in [0.1, 0.15) is 5.69 Å². The highest BCUT2D eigenvalue weighted by molar-refractivity contribution is 5.85. The Morgan fingerprint density at radius 2 is 2.50 bits per heavy atom. The third-order valence-electron chi connectivity index (χ3n) is 1.56. The quantitative estimate of drug-likeness (QED) is 0.670. The molecule has 1 aromatic heterocycles. The van der Waals surface area contributed by atoms with E-state index in [1.165, 1.54) is 10.7 Å². The zero-order valence-corrected chi connectivity index (χ0v) is 6.82. The Kier molecular flexibility index (Phi) is 2.44. The fraction of sp³-hybridized carbons (Fsp3) is 0.429. The van der Waals surface area contributed by atoms with Gasteiger partial charge < -0.3 is 10.8 Å². The Bertz CT molecular complexity index is 293. The van der Waals surface area contributed by atoms with Gasteiger partial charge in [-0.3, -0.25) is 4.68 Å². The lowest BCUT2D eigenvalue weighted by atomic mass is 10.3. The predicted molar refractivity (Wildman–Crippen MR) is 42.8 cm³/mol. The fourth-order valence-corrected chi connectivity index (χ4v) is 0.983. The first-order valence-electron chi connectivity index (χ1n) is 3.69. The van der Waals surface area contributed by atoms with Gasteiger partial charge in [-0.1, -0.05) is 0 Å². The molecule has 0 aliphatic rings. The second kappa shape index (κ2) is 3.36. The van der Waals surface area contributed by atoms with Crippen LogP contribution in [0.5, 0.6) is 0 Å². The van der Waals surface area contributed by atoms with Crippen LogP contribution in [0.3, 0.4) is 0 Å². The molecule has 0 atom stereocenters. The van der Waals surface area contributed by atoms with E-state index in [0.717, 1.165) is 0 Å². The minimum absolute atomic E-state index is 0.193. The minimum Gasteiger partial charge on any atom is -0.477 e. The number of aromatic nitrogens is 2. The van der Waals surface area contributed by atoms with Crippen LogP contribution in [0.1, 0.15) is 23.1 Å². The molecule has 0 aliphatic heterocycles. The molecule has 3 N–H and O–H groups in total. The third kappa shape index (κ3) is 1.45. The van der Waals surface area contributed by atoms with Crippen molar-refractivity contribution in [3.8, 4) is 0 Å². The van der Waals surface area contributed by atoms with E-state index in [2.05, 4.69) is 5.10 Å². The summed E-state index contributed by atoms with van der Waals surface area (Å²) in [5.74, 6) is -0.968. The normalized spacial score (nSPS) is 10.2. The van der Waals surface area contributed by atoms with Crippen LogP contribution < -0.4 is 5.73 Å². The van der Waals surface area contributed by atoms with E-state index in [-0.39, 0.29) is 12.2 Å². The molecule has 0 spiro atoms. The third-order valence-corrected chi connectivity index (χ3v) is 1.56. The molecule has 0 saturated carbocycles. The fourth-order valence-electron chi connectivity index (χ4n) is 0.983. The Hall–Kier alpha value is -1.36. The van der Waals surface area contributed by atoms with E-state index in [1.807, 2.05) is 6.92 Å². The van der Waals surface area contributed by atoms with Crippen molar-refractivity contribution < 1.29 is 9.90 Å². The van der Waals surface area contributed by atoms with Gasteiger partial charge in [0, 0.05) is 13.1 Å².